The minimum Gasteiger partial charge on any atom is -0.330 e. The van der Waals surface area contributed by atoms with Gasteiger partial charge in [-0.3, -0.25) is 0 Å². The highest BCUT2D eigenvalue weighted by atomic mass is 15.1. The fourth-order valence-electron chi connectivity index (χ4n) is 3.29. The average molecular weight is 269 g/mol. The van der Waals surface area contributed by atoms with E-state index in [2.05, 4.69) is 30.8 Å². The summed E-state index contributed by atoms with van der Waals surface area (Å²) in [5.74, 6) is 0. The molecule has 0 saturated heterocycles. The van der Waals surface area contributed by atoms with Crippen LogP contribution >= 0.6 is 0 Å². The first-order valence-electron chi connectivity index (χ1n) is 8.19. The summed E-state index contributed by atoms with van der Waals surface area (Å²) < 4.78 is 0. The molecule has 114 valence electrons. The molecule has 0 aliphatic heterocycles. The van der Waals surface area contributed by atoms with Crippen LogP contribution in [0.15, 0.2) is 0 Å². The second-order valence-corrected chi connectivity index (χ2v) is 6.61. The van der Waals surface area contributed by atoms with Crippen molar-refractivity contribution >= 4 is 0 Å². The minimum absolute atomic E-state index is 0.465. The summed E-state index contributed by atoms with van der Waals surface area (Å²) in [7, 11) is 4.31. The predicted octanol–water partition coefficient (Wildman–Crippen LogP) is 2.56. The van der Waals surface area contributed by atoms with Crippen LogP contribution in [0.5, 0.6) is 0 Å². The monoisotopic (exact) mass is 269 g/mol. The lowest BCUT2D eigenvalue weighted by Crippen LogP contribution is -2.37. The van der Waals surface area contributed by atoms with Crippen LogP contribution in [0.2, 0.25) is 0 Å². The highest BCUT2D eigenvalue weighted by Crippen LogP contribution is 2.38. The first kappa shape index (κ1) is 16.9. The summed E-state index contributed by atoms with van der Waals surface area (Å²) in [4.78, 5) is 4.88. The third-order valence-corrected chi connectivity index (χ3v) is 4.83. The third kappa shape index (κ3) is 6.24. The topological polar surface area (TPSA) is 32.5 Å². The number of nitrogens with two attached hydrogens (primary N) is 1. The van der Waals surface area contributed by atoms with E-state index in [9.17, 15) is 0 Å². The number of nitrogens with zero attached hydrogens (tertiary/aromatic N) is 2. The first-order chi connectivity index (χ1) is 9.12. The Balaban J connectivity index is 2.30. The van der Waals surface area contributed by atoms with Gasteiger partial charge in [0.25, 0.3) is 0 Å². The Hall–Kier alpha value is -0.120. The lowest BCUT2D eigenvalue weighted by Gasteiger charge is -2.38. The van der Waals surface area contributed by atoms with E-state index in [0.29, 0.717) is 5.41 Å². The van der Waals surface area contributed by atoms with Crippen molar-refractivity contribution in [1.82, 2.24) is 9.80 Å². The van der Waals surface area contributed by atoms with E-state index in [0.717, 1.165) is 6.54 Å². The van der Waals surface area contributed by atoms with Gasteiger partial charge in [0.15, 0.2) is 0 Å². The zero-order chi connectivity index (χ0) is 14.1. The maximum absolute atomic E-state index is 6.08. The van der Waals surface area contributed by atoms with Crippen LogP contribution in [0, 0.1) is 5.41 Å². The van der Waals surface area contributed by atoms with Gasteiger partial charge in [0.1, 0.15) is 0 Å². The zero-order valence-electron chi connectivity index (χ0n) is 13.5. The molecule has 0 radical (unpaired) electrons. The molecule has 0 aromatic rings. The van der Waals surface area contributed by atoms with E-state index in [4.69, 9.17) is 5.73 Å². The number of rotatable bonds is 9. The lowest BCUT2D eigenvalue weighted by molar-refractivity contribution is 0.147. The molecule has 19 heavy (non-hydrogen) atoms. The predicted molar refractivity (Wildman–Crippen MR) is 84.5 cm³/mol. The van der Waals surface area contributed by atoms with Crippen LogP contribution in [0.3, 0.4) is 0 Å². The van der Waals surface area contributed by atoms with Gasteiger partial charge >= 0.3 is 0 Å². The van der Waals surface area contributed by atoms with Crippen molar-refractivity contribution in [2.24, 2.45) is 11.1 Å². The van der Waals surface area contributed by atoms with E-state index < -0.39 is 0 Å². The van der Waals surface area contributed by atoms with Gasteiger partial charge in [-0.15, -0.1) is 0 Å². The van der Waals surface area contributed by atoms with Gasteiger partial charge in [-0.2, -0.15) is 0 Å². The summed E-state index contributed by atoms with van der Waals surface area (Å²) in [6, 6.07) is 0. The van der Waals surface area contributed by atoms with Crippen molar-refractivity contribution in [2.45, 2.75) is 51.9 Å². The maximum Gasteiger partial charge on any atom is -0.000666 e. The zero-order valence-corrected chi connectivity index (χ0v) is 13.5. The largest absolute Gasteiger partial charge is 0.330 e. The molecule has 0 bridgehead atoms. The molecule has 1 fully saturated rings. The second-order valence-electron chi connectivity index (χ2n) is 6.61. The molecule has 0 spiro atoms. The Kier molecular flexibility index (Phi) is 7.96. The quantitative estimate of drug-likeness (QED) is 0.698. The van der Waals surface area contributed by atoms with Gasteiger partial charge in [-0.1, -0.05) is 26.2 Å². The van der Waals surface area contributed by atoms with Crippen LogP contribution in [0.4, 0.5) is 0 Å². The fourth-order valence-corrected chi connectivity index (χ4v) is 3.29. The van der Waals surface area contributed by atoms with Crippen LogP contribution in [-0.2, 0) is 0 Å². The Morgan fingerprint density at radius 3 is 2.21 bits per heavy atom. The van der Waals surface area contributed by atoms with Crippen molar-refractivity contribution in [3.8, 4) is 0 Å². The molecule has 1 aliphatic rings. The summed E-state index contributed by atoms with van der Waals surface area (Å²) in [6.45, 7) is 8.01. The molecule has 0 amide bonds. The van der Waals surface area contributed by atoms with E-state index in [1.54, 1.807) is 0 Å². The van der Waals surface area contributed by atoms with E-state index in [1.807, 2.05) is 0 Å². The van der Waals surface area contributed by atoms with Crippen molar-refractivity contribution in [2.75, 3.05) is 46.8 Å². The minimum atomic E-state index is 0.465. The third-order valence-electron chi connectivity index (χ3n) is 4.83. The number of hydrogen-bond acceptors (Lipinski definition) is 3. The fraction of sp³-hybridized carbons (Fsp3) is 1.00. The van der Waals surface area contributed by atoms with Crippen LogP contribution in [-0.4, -0.2) is 56.6 Å². The molecule has 1 aliphatic carbocycles. The van der Waals surface area contributed by atoms with Crippen LogP contribution in [0.25, 0.3) is 0 Å². The van der Waals surface area contributed by atoms with Gasteiger partial charge in [-0.25, -0.2) is 0 Å². The average Bonchev–Trinajstić information content (AvgIpc) is 2.43. The summed E-state index contributed by atoms with van der Waals surface area (Å²) >= 11 is 0. The van der Waals surface area contributed by atoms with Crippen LogP contribution in [0.1, 0.15) is 51.9 Å². The first-order valence-corrected chi connectivity index (χ1v) is 8.19. The normalized spacial score (nSPS) is 19.3. The summed E-state index contributed by atoms with van der Waals surface area (Å²) in [5, 5.41) is 0. The number of hydrogen-bond donors (Lipinski definition) is 1. The SMILES string of the molecule is CCN(CCCN(C)C)CCC1(CN)CCCCC1. The van der Waals surface area contributed by atoms with Crippen molar-refractivity contribution in [1.29, 1.82) is 0 Å². The molecule has 1 rings (SSSR count). The van der Waals surface area contributed by atoms with Crippen molar-refractivity contribution in [3.05, 3.63) is 0 Å². The van der Waals surface area contributed by atoms with Gasteiger partial charge in [0.2, 0.25) is 0 Å². The molecule has 0 heterocycles. The molecule has 3 nitrogen and oxygen atoms in total. The molecule has 0 aromatic heterocycles. The highest BCUT2D eigenvalue weighted by molar-refractivity contribution is 4.84. The van der Waals surface area contributed by atoms with Gasteiger partial charge in [0.05, 0.1) is 0 Å². The molecular weight excluding hydrogens is 234 g/mol. The van der Waals surface area contributed by atoms with Gasteiger partial charge in [-0.05, 0) is 77.9 Å². The molecule has 0 aromatic carbocycles. The van der Waals surface area contributed by atoms with Gasteiger partial charge in [0, 0.05) is 0 Å². The highest BCUT2D eigenvalue weighted by Gasteiger charge is 2.30. The molecule has 1 saturated carbocycles. The molecule has 0 atom stereocenters. The standard InChI is InChI=1S/C16H35N3/c1-4-19(13-8-12-18(2)3)14-11-16(15-17)9-6-5-7-10-16/h4-15,17H2,1-3H3. The molecule has 3 heteroatoms. The Labute approximate surface area is 120 Å². The molecule has 0 unspecified atom stereocenters. The smallest absolute Gasteiger partial charge is 0.000666 e. The lowest BCUT2D eigenvalue weighted by atomic mass is 9.72. The summed E-state index contributed by atoms with van der Waals surface area (Å²) in [6.07, 6.45) is 9.50. The van der Waals surface area contributed by atoms with Crippen molar-refractivity contribution in [3.63, 3.8) is 0 Å². The molecular formula is C16H35N3. The van der Waals surface area contributed by atoms with E-state index >= 15 is 0 Å². The van der Waals surface area contributed by atoms with E-state index in [-0.39, 0.29) is 0 Å². The van der Waals surface area contributed by atoms with Gasteiger partial charge < -0.3 is 15.5 Å². The molecule has 2 N–H and O–H groups in total. The van der Waals surface area contributed by atoms with E-state index in [1.165, 1.54) is 71.1 Å². The van der Waals surface area contributed by atoms with Crippen molar-refractivity contribution < 1.29 is 0 Å². The Morgan fingerprint density at radius 1 is 1.00 bits per heavy atom. The van der Waals surface area contributed by atoms with Crippen LogP contribution < -0.4 is 5.73 Å². The maximum atomic E-state index is 6.08. The Morgan fingerprint density at radius 2 is 1.68 bits per heavy atom. The second kappa shape index (κ2) is 8.93. The summed E-state index contributed by atoms with van der Waals surface area (Å²) in [5.41, 5.74) is 6.55. The Bertz CT molecular complexity index is 222.